The standard InChI is InChI=1S/C11H17NO5/c1-3-7-12(8-11(16)17-4-2)9(13)5-6-10(14)15/h5-6H,3-4,7-8H2,1-2H3,(H,14,15)/b6-5+. The molecule has 0 aromatic heterocycles. The average Bonchev–Trinajstić information content (AvgIpc) is 2.25. The minimum Gasteiger partial charge on any atom is -0.478 e. The first kappa shape index (κ1) is 15.2. The van der Waals surface area contributed by atoms with Crippen molar-refractivity contribution in [1.29, 1.82) is 0 Å². The van der Waals surface area contributed by atoms with Crippen LogP contribution in [0.3, 0.4) is 0 Å². The van der Waals surface area contributed by atoms with Gasteiger partial charge in [-0.1, -0.05) is 6.92 Å². The molecule has 0 aliphatic rings. The predicted octanol–water partition coefficient (Wildman–Crippen LogP) is 0.429. The van der Waals surface area contributed by atoms with Gasteiger partial charge in [-0.25, -0.2) is 4.79 Å². The molecule has 0 saturated heterocycles. The summed E-state index contributed by atoms with van der Waals surface area (Å²) in [7, 11) is 0. The number of nitrogens with zero attached hydrogens (tertiary/aromatic N) is 1. The summed E-state index contributed by atoms with van der Waals surface area (Å²) in [4.78, 5) is 34.3. The number of amides is 1. The number of hydrogen-bond donors (Lipinski definition) is 1. The molecule has 0 unspecified atom stereocenters. The van der Waals surface area contributed by atoms with Crippen molar-refractivity contribution in [1.82, 2.24) is 4.90 Å². The molecule has 1 amide bonds. The van der Waals surface area contributed by atoms with Crippen LogP contribution in [0, 0.1) is 0 Å². The second-order valence-corrected chi connectivity index (χ2v) is 3.24. The van der Waals surface area contributed by atoms with Gasteiger partial charge in [0.25, 0.3) is 0 Å². The molecule has 0 aliphatic heterocycles. The van der Waals surface area contributed by atoms with E-state index in [0.29, 0.717) is 13.0 Å². The average molecular weight is 243 g/mol. The summed E-state index contributed by atoms with van der Waals surface area (Å²) < 4.78 is 4.72. The Labute approximate surface area is 99.9 Å². The minimum atomic E-state index is -1.20. The molecule has 6 nitrogen and oxygen atoms in total. The third kappa shape index (κ3) is 7.10. The molecule has 0 aromatic carbocycles. The Morgan fingerprint density at radius 2 is 1.88 bits per heavy atom. The molecular formula is C11H17NO5. The maximum atomic E-state index is 11.5. The molecule has 6 heteroatoms. The second-order valence-electron chi connectivity index (χ2n) is 3.24. The molecule has 0 aromatic rings. The Balaban J connectivity index is 4.45. The summed E-state index contributed by atoms with van der Waals surface area (Å²) in [6.45, 7) is 3.99. The first-order chi connectivity index (χ1) is 8.01. The number of ether oxygens (including phenoxy) is 1. The van der Waals surface area contributed by atoms with Crippen molar-refractivity contribution in [3.05, 3.63) is 12.2 Å². The van der Waals surface area contributed by atoms with Crippen LogP contribution in [0.1, 0.15) is 20.3 Å². The highest BCUT2D eigenvalue weighted by molar-refractivity contribution is 5.95. The van der Waals surface area contributed by atoms with E-state index in [4.69, 9.17) is 9.84 Å². The summed E-state index contributed by atoms with van der Waals surface area (Å²) >= 11 is 0. The fourth-order valence-corrected chi connectivity index (χ4v) is 1.15. The van der Waals surface area contributed by atoms with E-state index in [0.717, 1.165) is 12.2 Å². The Kier molecular flexibility index (Phi) is 7.41. The molecule has 0 rings (SSSR count). The summed E-state index contributed by atoms with van der Waals surface area (Å²) in [5.41, 5.74) is 0. The van der Waals surface area contributed by atoms with Crippen molar-refractivity contribution < 1.29 is 24.2 Å². The zero-order valence-electron chi connectivity index (χ0n) is 10.0. The fraction of sp³-hybridized carbons (Fsp3) is 0.545. The number of hydrogen-bond acceptors (Lipinski definition) is 4. The van der Waals surface area contributed by atoms with Gasteiger partial charge in [-0.05, 0) is 13.3 Å². The molecule has 0 aliphatic carbocycles. The van der Waals surface area contributed by atoms with Gasteiger partial charge in [-0.15, -0.1) is 0 Å². The molecule has 0 saturated carbocycles. The lowest BCUT2D eigenvalue weighted by molar-refractivity contribution is -0.147. The Bertz CT molecular complexity index is 311. The van der Waals surface area contributed by atoms with Gasteiger partial charge in [0.15, 0.2) is 0 Å². The van der Waals surface area contributed by atoms with E-state index >= 15 is 0 Å². The summed E-state index contributed by atoms with van der Waals surface area (Å²) in [6, 6.07) is 0. The van der Waals surface area contributed by atoms with E-state index in [1.165, 1.54) is 4.90 Å². The van der Waals surface area contributed by atoms with E-state index in [1.54, 1.807) is 6.92 Å². The SMILES string of the molecule is CCCN(CC(=O)OCC)C(=O)/C=C/C(=O)O. The van der Waals surface area contributed by atoms with Crippen molar-refractivity contribution in [2.75, 3.05) is 19.7 Å². The molecule has 17 heavy (non-hydrogen) atoms. The van der Waals surface area contributed by atoms with Gasteiger partial charge < -0.3 is 14.7 Å². The van der Waals surface area contributed by atoms with Crippen LogP contribution in [0.25, 0.3) is 0 Å². The highest BCUT2D eigenvalue weighted by Crippen LogP contribution is 1.96. The van der Waals surface area contributed by atoms with Crippen LogP contribution in [0.4, 0.5) is 0 Å². The molecular weight excluding hydrogens is 226 g/mol. The van der Waals surface area contributed by atoms with Crippen molar-refractivity contribution in [2.45, 2.75) is 20.3 Å². The molecule has 0 radical (unpaired) electrons. The second kappa shape index (κ2) is 8.32. The number of aliphatic carboxylic acids is 1. The molecule has 0 heterocycles. The molecule has 96 valence electrons. The van der Waals surface area contributed by atoms with E-state index < -0.39 is 17.8 Å². The van der Waals surface area contributed by atoms with E-state index in [-0.39, 0.29) is 13.2 Å². The van der Waals surface area contributed by atoms with Crippen LogP contribution in [-0.4, -0.2) is 47.5 Å². The quantitative estimate of drug-likeness (QED) is 0.517. The van der Waals surface area contributed by atoms with Crippen LogP contribution >= 0.6 is 0 Å². The number of carbonyl (C=O) groups excluding carboxylic acids is 2. The number of esters is 1. The summed E-state index contributed by atoms with van der Waals surface area (Å²) in [5, 5.41) is 8.39. The summed E-state index contributed by atoms with van der Waals surface area (Å²) in [6.07, 6.45) is 2.35. The molecule has 0 fully saturated rings. The molecule has 0 atom stereocenters. The minimum absolute atomic E-state index is 0.162. The predicted molar refractivity (Wildman–Crippen MR) is 60.3 cm³/mol. The van der Waals surface area contributed by atoms with Crippen molar-refractivity contribution in [3.63, 3.8) is 0 Å². The van der Waals surface area contributed by atoms with Crippen molar-refractivity contribution >= 4 is 17.8 Å². The number of carbonyl (C=O) groups is 3. The lowest BCUT2D eigenvalue weighted by Gasteiger charge is -2.19. The lowest BCUT2D eigenvalue weighted by atomic mass is 10.3. The van der Waals surface area contributed by atoms with E-state index in [2.05, 4.69) is 0 Å². The third-order valence-corrected chi connectivity index (χ3v) is 1.80. The number of carboxylic acid groups (broad SMARTS) is 1. The largest absolute Gasteiger partial charge is 0.478 e. The van der Waals surface area contributed by atoms with Crippen molar-refractivity contribution in [3.8, 4) is 0 Å². The Morgan fingerprint density at radius 1 is 1.24 bits per heavy atom. The topological polar surface area (TPSA) is 83.9 Å². The van der Waals surface area contributed by atoms with Gasteiger partial charge in [-0.2, -0.15) is 0 Å². The van der Waals surface area contributed by atoms with Gasteiger partial charge in [0.2, 0.25) is 5.91 Å². The third-order valence-electron chi connectivity index (χ3n) is 1.80. The zero-order chi connectivity index (χ0) is 13.3. The van der Waals surface area contributed by atoms with Gasteiger partial charge in [0, 0.05) is 18.7 Å². The maximum Gasteiger partial charge on any atom is 0.328 e. The normalized spacial score (nSPS) is 10.2. The van der Waals surface area contributed by atoms with Gasteiger partial charge in [0.05, 0.1) is 6.61 Å². The highest BCUT2D eigenvalue weighted by Gasteiger charge is 2.14. The number of rotatable bonds is 7. The van der Waals surface area contributed by atoms with Gasteiger partial charge >= 0.3 is 11.9 Å². The highest BCUT2D eigenvalue weighted by atomic mass is 16.5. The van der Waals surface area contributed by atoms with E-state index in [9.17, 15) is 14.4 Å². The first-order valence-electron chi connectivity index (χ1n) is 5.36. The smallest absolute Gasteiger partial charge is 0.328 e. The molecule has 0 spiro atoms. The fourth-order valence-electron chi connectivity index (χ4n) is 1.15. The Hall–Kier alpha value is -1.85. The molecule has 1 N–H and O–H groups in total. The van der Waals surface area contributed by atoms with Crippen molar-refractivity contribution in [2.24, 2.45) is 0 Å². The first-order valence-corrected chi connectivity index (χ1v) is 5.36. The molecule has 0 bridgehead atoms. The van der Waals surface area contributed by atoms with Crippen LogP contribution in [0.2, 0.25) is 0 Å². The lowest BCUT2D eigenvalue weighted by Crippen LogP contribution is -2.36. The van der Waals surface area contributed by atoms with Crippen LogP contribution in [0.5, 0.6) is 0 Å². The maximum absolute atomic E-state index is 11.5. The monoisotopic (exact) mass is 243 g/mol. The van der Waals surface area contributed by atoms with E-state index in [1.807, 2.05) is 6.92 Å². The Morgan fingerprint density at radius 3 is 2.35 bits per heavy atom. The number of carboxylic acids is 1. The zero-order valence-corrected chi connectivity index (χ0v) is 10.0. The van der Waals surface area contributed by atoms with Crippen LogP contribution in [-0.2, 0) is 19.1 Å². The van der Waals surface area contributed by atoms with Gasteiger partial charge in [-0.3, -0.25) is 9.59 Å². The van der Waals surface area contributed by atoms with Gasteiger partial charge in [0.1, 0.15) is 6.54 Å². The van der Waals surface area contributed by atoms with Crippen LogP contribution in [0.15, 0.2) is 12.2 Å². The summed E-state index contributed by atoms with van der Waals surface area (Å²) in [5.74, 6) is -2.22. The van der Waals surface area contributed by atoms with Crippen LogP contribution < -0.4 is 0 Å².